The number of alkyl halides is 1. The Morgan fingerprint density at radius 2 is 1.87 bits per heavy atom. The average Bonchev–Trinajstić information content (AvgIpc) is 2.96. The Hall–Kier alpha value is -1.74. The van der Waals surface area contributed by atoms with Crippen LogP contribution in [0.3, 0.4) is 0 Å². The van der Waals surface area contributed by atoms with Crippen LogP contribution >= 0.6 is 0 Å². The number of benzene rings is 2. The molecule has 1 nitrogen and oxygen atoms in total. The van der Waals surface area contributed by atoms with E-state index in [0.29, 0.717) is 5.92 Å². The summed E-state index contributed by atoms with van der Waals surface area (Å²) in [6.45, 7) is 5.70. The van der Waals surface area contributed by atoms with Crippen LogP contribution in [-0.2, 0) is 12.2 Å². The third-order valence-corrected chi connectivity index (χ3v) is 4.62. The quantitative estimate of drug-likeness (QED) is 0.766. The summed E-state index contributed by atoms with van der Waals surface area (Å²) in [7, 11) is 0. The van der Waals surface area contributed by atoms with E-state index in [2.05, 4.69) is 29.2 Å². The maximum atomic E-state index is 14.2. The molecule has 0 saturated carbocycles. The number of hydrogen-bond acceptors (Lipinski definition) is 1. The zero-order valence-electron chi connectivity index (χ0n) is 13.7. The summed E-state index contributed by atoms with van der Waals surface area (Å²) in [5, 5.41) is 0. The molecule has 0 radical (unpaired) electrons. The van der Waals surface area contributed by atoms with E-state index in [4.69, 9.17) is 0 Å². The van der Waals surface area contributed by atoms with Gasteiger partial charge in [-0.15, -0.1) is 0 Å². The van der Waals surface area contributed by atoms with Crippen molar-refractivity contribution < 1.29 is 8.78 Å². The molecular weight excluding hydrogens is 292 g/mol. The molecule has 1 aliphatic heterocycles. The molecular formula is C20H23F2N. The highest BCUT2D eigenvalue weighted by molar-refractivity contribution is 5.32. The first-order valence-electron chi connectivity index (χ1n) is 8.18. The van der Waals surface area contributed by atoms with Gasteiger partial charge in [0.2, 0.25) is 0 Å². The molecule has 2 aromatic carbocycles. The topological polar surface area (TPSA) is 3.24 Å². The second-order valence-corrected chi connectivity index (χ2v) is 6.92. The van der Waals surface area contributed by atoms with Gasteiger partial charge in [-0.05, 0) is 56.0 Å². The van der Waals surface area contributed by atoms with Gasteiger partial charge < -0.3 is 0 Å². The van der Waals surface area contributed by atoms with Crippen LogP contribution in [0.15, 0.2) is 48.5 Å². The fourth-order valence-electron chi connectivity index (χ4n) is 3.34. The second-order valence-electron chi connectivity index (χ2n) is 6.92. The standard InChI is InChI=1S/C20H23F2N/c1-20(2,22)18-12-16(8-9-19(18)21)17-10-11-23(14-17)13-15-6-4-3-5-7-15/h3-9,12,17H,10-11,13-14H2,1-2H3. The zero-order chi connectivity index (χ0) is 16.4. The summed E-state index contributed by atoms with van der Waals surface area (Å²) >= 11 is 0. The second kappa shape index (κ2) is 6.40. The number of halogens is 2. The molecule has 0 bridgehead atoms. The summed E-state index contributed by atoms with van der Waals surface area (Å²) in [6, 6.07) is 15.3. The largest absolute Gasteiger partial charge is 0.298 e. The van der Waals surface area contributed by atoms with Crippen LogP contribution in [0.2, 0.25) is 0 Å². The molecule has 3 heteroatoms. The molecule has 0 N–H and O–H groups in total. The minimum atomic E-state index is -1.65. The van der Waals surface area contributed by atoms with Gasteiger partial charge in [0.25, 0.3) is 0 Å². The van der Waals surface area contributed by atoms with Crippen LogP contribution in [-0.4, -0.2) is 18.0 Å². The molecule has 1 saturated heterocycles. The van der Waals surface area contributed by atoms with Gasteiger partial charge in [0.15, 0.2) is 0 Å². The lowest BCUT2D eigenvalue weighted by atomic mass is 9.91. The molecule has 0 spiro atoms. The summed E-state index contributed by atoms with van der Waals surface area (Å²) < 4.78 is 28.0. The van der Waals surface area contributed by atoms with Crippen LogP contribution in [0.1, 0.15) is 42.9 Å². The van der Waals surface area contributed by atoms with Crippen LogP contribution in [0.5, 0.6) is 0 Å². The minimum absolute atomic E-state index is 0.163. The highest BCUT2D eigenvalue weighted by atomic mass is 19.1. The lowest BCUT2D eigenvalue weighted by Crippen LogP contribution is -2.20. The molecule has 2 aromatic rings. The average molecular weight is 315 g/mol. The predicted molar refractivity (Wildman–Crippen MR) is 89.6 cm³/mol. The Balaban J connectivity index is 1.72. The number of likely N-dealkylation sites (tertiary alicyclic amines) is 1. The molecule has 0 amide bonds. The van der Waals surface area contributed by atoms with E-state index in [9.17, 15) is 8.78 Å². The molecule has 0 aliphatic carbocycles. The fourth-order valence-corrected chi connectivity index (χ4v) is 3.34. The summed E-state index contributed by atoms with van der Waals surface area (Å²) in [5.41, 5.74) is 0.861. The molecule has 122 valence electrons. The van der Waals surface area contributed by atoms with Crippen molar-refractivity contribution in [1.82, 2.24) is 4.90 Å². The van der Waals surface area contributed by atoms with Crippen molar-refractivity contribution in [3.05, 3.63) is 71.0 Å². The van der Waals surface area contributed by atoms with E-state index in [1.165, 1.54) is 25.5 Å². The van der Waals surface area contributed by atoms with Gasteiger partial charge in [-0.1, -0.05) is 36.4 Å². The minimum Gasteiger partial charge on any atom is -0.298 e. The molecule has 1 aliphatic rings. The van der Waals surface area contributed by atoms with E-state index in [-0.39, 0.29) is 5.56 Å². The first-order chi connectivity index (χ1) is 10.9. The smallest absolute Gasteiger partial charge is 0.133 e. The highest BCUT2D eigenvalue weighted by Gasteiger charge is 2.28. The number of nitrogens with zero attached hydrogens (tertiary/aromatic N) is 1. The zero-order valence-corrected chi connectivity index (χ0v) is 13.7. The number of hydrogen-bond donors (Lipinski definition) is 0. The van der Waals surface area contributed by atoms with Gasteiger partial charge in [0, 0.05) is 18.7 Å². The van der Waals surface area contributed by atoms with E-state index >= 15 is 0 Å². The van der Waals surface area contributed by atoms with Gasteiger partial charge >= 0.3 is 0 Å². The molecule has 1 atom stereocenters. The van der Waals surface area contributed by atoms with Crippen molar-refractivity contribution in [3.8, 4) is 0 Å². The van der Waals surface area contributed by atoms with Gasteiger partial charge in [0.1, 0.15) is 11.5 Å². The summed E-state index contributed by atoms with van der Waals surface area (Å²) in [4.78, 5) is 2.41. The number of rotatable bonds is 4. The fraction of sp³-hybridized carbons (Fsp3) is 0.400. The van der Waals surface area contributed by atoms with Crippen LogP contribution in [0, 0.1) is 5.82 Å². The lowest BCUT2D eigenvalue weighted by Gasteiger charge is -2.19. The Morgan fingerprint density at radius 1 is 1.13 bits per heavy atom. The molecule has 1 fully saturated rings. The highest BCUT2D eigenvalue weighted by Crippen LogP contribution is 2.33. The monoisotopic (exact) mass is 315 g/mol. The van der Waals surface area contributed by atoms with E-state index in [0.717, 1.165) is 31.6 Å². The Kier molecular flexibility index (Phi) is 4.49. The van der Waals surface area contributed by atoms with Crippen molar-refractivity contribution in [2.24, 2.45) is 0 Å². The first-order valence-corrected chi connectivity index (χ1v) is 8.18. The Morgan fingerprint density at radius 3 is 2.57 bits per heavy atom. The van der Waals surface area contributed by atoms with E-state index in [1.807, 2.05) is 6.07 Å². The Bertz CT molecular complexity index is 661. The van der Waals surface area contributed by atoms with E-state index in [1.54, 1.807) is 12.1 Å². The van der Waals surface area contributed by atoms with Crippen molar-refractivity contribution in [1.29, 1.82) is 0 Å². The summed E-state index contributed by atoms with van der Waals surface area (Å²) in [5.74, 6) is -0.110. The van der Waals surface area contributed by atoms with Gasteiger partial charge in [-0.25, -0.2) is 8.78 Å². The van der Waals surface area contributed by atoms with Gasteiger partial charge in [-0.2, -0.15) is 0 Å². The van der Waals surface area contributed by atoms with Crippen LogP contribution in [0.25, 0.3) is 0 Å². The molecule has 23 heavy (non-hydrogen) atoms. The maximum Gasteiger partial charge on any atom is 0.133 e. The summed E-state index contributed by atoms with van der Waals surface area (Å²) in [6.07, 6.45) is 1.03. The Labute approximate surface area is 136 Å². The van der Waals surface area contributed by atoms with E-state index < -0.39 is 11.5 Å². The predicted octanol–water partition coefficient (Wildman–Crippen LogP) is 5.02. The third kappa shape index (κ3) is 3.78. The van der Waals surface area contributed by atoms with Crippen LogP contribution in [0.4, 0.5) is 8.78 Å². The molecule has 3 rings (SSSR count). The van der Waals surface area contributed by atoms with Crippen molar-refractivity contribution in [3.63, 3.8) is 0 Å². The van der Waals surface area contributed by atoms with Gasteiger partial charge in [-0.3, -0.25) is 4.90 Å². The van der Waals surface area contributed by atoms with Gasteiger partial charge in [0.05, 0.1) is 0 Å². The third-order valence-electron chi connectivity index (χ3n) is 4.62. The lowest BCUT2D eigenvalue weighted by molar-refractivity contribution is 0.213. The normalized spacial score (nSPS) is 19.2. The molecule has 0 aromatic heterocycles. The maximum absolute atomic E-state index is 14.2. The SMILES string of the molecule is CC(C)(F)c1cc(C2CCN(Cc3ccccc3)C2)ccc1F. The molecule has 1 unspecified atom stereocenters. The van der Waals surface area contributed by atoms with Crippen molar-refractivity contribution in [2.75, 3.05) is 13.1 Å². The van der Waals surface area contributed by atoms with Crippen LogP contribution < -0.4 is 0 Å². The first kappa shape index (κ1) is 16.1. The molecule has 1 heterocycles. The van der Waals surface area contributed by atoms with Crippen molar-refractivity contribution in [2.45, 2.75) is 38.4 Å². The van der Waals surface area contributed by atoms with Crippen molar-refractivity contribution >= 4 is 0 Å².